The number of aryl methyl sites for hydroxylation is 1. The molecule has 0 saturated heterocycles. The van der Waals surface area contributed by atoms with Crippen molar-refractivity contribution in [2.75, 3.05) is 13.2 Å². The van der Waals surface area contributed by atoms with Crippen LogP contribution in [0.15, 0.2) is 18.2 Å². The molecule has 4 nitrogen and oxygen atoms in total. The number of carboxylic acids is 1. The molecule has 0 heterocycles. The molecule has 4 heteroatoms. The van der Waals surface area contributed by atoms with Gasteiger partial charge < -0.3 is 15.2 Å². The van der Waals surface area contributed by atoms with Crippen molar-refractivity contribution in [3.8, 4) is 5.75 Å². The van der Waals surface area contributed by atoms with E-state index in [0.717, 1.165) is 37.2 Å². The predicted octanol–water partition coefficient (Wildman–Crippen LogP) is 2.74. The Kier molecular flexibility index (Phi) is 6.97. The van der Waals surface area contributed by atoms with Gasteiger partial charge >= 0.3 is 5.97 Å². The van der Waals surface area contributed by atoms with E-state index in [1.165, 1.54) is 5.56 Å². The Morgan fingerprint density at radius 2 is 2.16 bits per heavy atom. The van der Waals surface area contributed by atoms with Gasteiger partial charge in [-0.2, -0.15) is 0 Å². The van der Waals surface area contributed by atoms with Crippen molar-refractivity contribution >= 4 is 5.97 Å². The van der Waals surface area contributed by atoms with E-state index in [4.69, 9.17) is 9.84 Å². The average Bonchev–Trinajstić information content (AvgIpc) is 2.36. The molecule has 0 aliphatic carbocycles. The third-order valence-corrected chi connectivity index (χ3v) is 2.86. The summed E-state index contributed by atoms with van der Waals surface area (Å²) < 4.78 is 5.50. The number of hydrogen-bond donors (Lipinski definition) is 2. The van der Waals surface area contributed by atoms with Crippen molar-refractivity contribution in [1.29, 1.82) is 0 Å². The number of carbonyl (C=O) groups is 1. The van der Waals surface area contributed by atoms with E-state index in [2.05, 4.69) is 17.4 Å². The van der Waals surface area contributed by atoms with E-state index in [9.17, 15) is 4.79 Å². The smallest absolute Gasteiger partial charge is 0.303 e. The standard InChI is InChI=1S/C15H23NO3/c1-3-19-14-8-7-13(10-12(14)2)11-16-9-5-4-6-15(17)18/h7-8,10,16H,3-6,9,11H2,1-2H3,(H,17,18). The van der Waals surface area contributed by atoms with Gasteiger partial charge in [-0.1, -0.05) is 12.1 Å². The Balaban J connectivity index is 2.26. The van der Waals surface area contributed by atoms with Crippen molar-refractivity contribution in [3.63, 3.8) is 0 Å². The second-order valence-electron chi connectivity index (χ2n) is 4.56. The van der Waals surface area contributed by atoms with Crippen LogP contribution in [0.5, 0.6) is 5.75 Å². The lowest BCUT2D eigenvalue weighted by atomic mass is 10.1. The third kappa shape index (κ3) is 6.25. The highest BCUT2D eigenvalue weighted by Crippen LogP contribution is 2.18. The summed E-state index contributed by atoms with van der Waals surface area (Å²) in [5.41, 5.74) is 2.37. The number of ether oxygens (including phenoxy) is 1. The molecule has 0 aliphatic heterocycles. The van der Waals surface area contributed by atoms with E-state index in [0.29, 0.717) is 6.61 Å². The van der Waals surface area contributed by atoms with Crippen molar-refractivity contribution < 1.29 is 14.6 Å². The van der Waals surface area contributed by atoms with E-state index in [1.807, 2.05) is 19.9 Å². The van der Waals surface area contributed by atoms with E-state index in [1.54, 1.807) is 0 Å². The zero-order valence-corrected chi connectivity index (χ0v) is 11.7. The fourth-order valence-corrected chi connectivity index (χ4v) is 1.90. The summed E-state index contributed by atoms with van der Waals surface area (Å²) in [5.74, 6) is 0.217. The molecule has 0 amide bonds. The quantitative estimate of drug-likeness (QED) is 0.674. The topological polar surface area (TPSA) is 58.6 Å². The third-order valence-electron chi connectivity index (χ3n) is 2.86. The van der Waals surface area contributed by atoms with Gasteiger partial charge in [0.2, 0.25) is 0 Å². The van der Waals surface area contributed by atoms with Crippen LogP contribution in [0.1, 0.15) is 37.3 Å². The van der Waals surface area contributed by atoms with Gasteiger partial charge in [0.15, 0.2) is 0 Å². The summed E-state index contributed by atoms with van der Waals surface area (Å²) in [4.78, 5) is 10.3. The highest BCUT2D eigenvalue weighted by molar-refractivity contribution is 5.66. The largest absolute Gasteiger partial charge is 0.494 e. The van der Waals surface area contributed by atoms with Crippen LogP contribution in [0, 0.1) is 6.92 Å². The van der Waals surface area contributed by atoms with Gasteiger partial charge in [0.25, 0.3) is 0 Å². The molecule has 0 saturated carbocycles. The van der Waals surface area contributed by atoms with Crippen LogP contribution in [0.2, 0.25) is 0 Å². The number of benzene rings is 1. The molecule has 1 rings (SSSR count). The van der Waals surface area contributed by atoms with Crippen LogP contribution >= 0.6 is 0 Å². The number of carboxylic acid groups (broad SMARTS) is 1. The molecule has 0 aromatic heterocycles. The highest BCUT2D eigenvalue weighted by Gasteiger charge is 2.01. The first-order valence-electron chi connectivity index (χ1n) is 6.78. The first-order chi connectivity index (χ1) is 9.13. The zero-order chi connectivity index (χ0) is 14.1. The maximum atomic E-state index is 10.3. The van der Waals surface area contributed by atoms with Crippen LogP contribution in [0.25, 0.3) is 0 Å². The second-order valence-corrected chi connectivity index (χ2v) is 4.56. The van der Waals surface area contributed by atoms with Gasteiger partial charge in [-0.3, -0.25) is 4.79 Å². The molecule has 0 radical (unpaired) electrons. The fourth-order valence-electron chi connectivity index (χ4n) is 1.90. The summed E-state index contributed by atoms with van der Waals surface area (Å²) in [7, 11) is 0. The lowest BCUT2D eigenvalue weighted by molar-refractivity contribution is -0.137. The van der Waals surface area contributed by atoms with E-state index >= 15 is 0 Å². The minimum Gasteiger partial charge on any atom is -0.494 e. The Morgan fingerprint density at radius 1 is 1.37 bits per heavy atom. The number of rotatable bonds is 9. The van der Waals surface area contributed by atoms with Crippen molar-refractivity contribution in [2.24, 2.45) is 0 Å². The molecule has 1 aromatic carbocycles. The minimum atomic E-state index is -0.720. The minimum absolute atomic E-state index is 0.254. The summed E-state index contributed by atoms with van der Waals surface area (Å²) in [5, 5.41) is 11.8. The molecule has 0 aliphatic rings. The second kappa shape index (κ2) is 8.53. The predicted molar refractivity (Wildman–Crippen MR) is 75.5 cm³/mol. The summed E-state index contributed by atoms with van der Waals surface area (Å²) >= 11 is 0. The molecule has 1 aromatic rings. The molecule has 0 unspecified atom stereocenters. The van der Waals surface area contributed by atoms with Gasteiger partial charge in [0.05, 0.1) is 6.61 Å². The first-order valence-corrected chi connectivity index (χ1v) is 6.78. The van der Waals surface area contributed by atoms with Crippen LogP contribution in [0.4, 0.5) is 0 Å². The molecule has 0 atom stereocenters. The van der Waals surface area contributed by atoms with Gasteiger partial charge in [-0.15, -0.1) is 0 Å². The van der Waals surface area contributed by atoms with E-state index < -0.39 is 5.97 Å². The molecule has 0 bridgehead atoms. The lowest BCUT2D eigenvalue weighted by Crippen LogP contribution is -2.15. The summed E-state index contributed by atoms with van der Waals surface area (Å²) in [6, 6.07) is 6.18. The number of nitrogens with one attached hydrogen (secondary N) is 1. The number of hydrogen-bond acceptors (Lipinski definition) is 3. The summed E-state index contributed by atoms with van der Waals surface area (Å²) in [6.45, 7) is 6.36. The van der Waals surface area contributed by atoms with Crippen LogP contribution in [0.3, 0.4) is 0 Å². The number of unbranched alkanes of at least 4 members (excludes halogenated alkanes) is 1. The molecular formula is C15H23NO3. The molecule has 0 fully saturated rings. The molecule has 106 valence electrons. The maximum Gasteiger partial charge on any atom is 0.303 e. The van der Waals surface area contributed by atoms with Gasteiger partial charge in [-0.25, -0.2) is 0 Å². The fraction of sp³-hybridized carbons (Fsp3) is 0.533. The Bertz CT molecular complexity index is 404. The number of aliphatic carboxylic acids is 1. The Labute approximate surface area is 114 Å². The van der Waals surface area contributed by atoms with Crippen LogP contribution in [-0.4, -0.2) is 24.2 Å². The normalized spacial score (nSPS) is 10.4. The first kappa shape index (κ1) is 15.5. The lowest BCUT2D eigenvalue weighted by Gasteiger charge is -2.09. The van der Waals surface area contributed by atoms with E-state index in [-0.39, 0.29) is 6.42 Å². The Morgan fingerprint density at radius 3 is 2.79 bits per heavy atom. The molecule has 0 spiro atoms. The van der Waals surface area contributed by atoms with Crippen molar-refractivity contribution in [2.45, 2.75) is 39.7 Å². The summed E-state index contributed by atoms with van der Waals surface area (Å²) in [6.07, 6.45) is 1.87. The Hall–Kier alpha value is -1.55. The highest BCUT2D eigenvalue weighted by atomic mass is 16.5. The average molecular weight is 265 g/mol. The van der Waals surface area contributed by atoms with Gasteiger partial charge in [0.1, 0.15) is 5.75 Å². The van der Waals surface area contributed by atoms with Crippen molar-refractivity contribution in [3.05, 3.63) is 29.3 Å². The van der Waals surface area contributed by atoms with Crippen LogP contribution in [-0.2, 0) is 11.3 Å². The van der Waals surface area contributed by atoms with Crippen LogP contribution < -0.4 is 10.1 Å². The van der Waals surface area contributed by atoms with Gasteiger partial charge in [0, 0.05) is 13.0 Å². The SMILES string of the molecule is CCOc1ccc(CNCCCCC(=O)O)cc1C. The maximum absolute atomic E-state index is 10.3. The molecular weight excluding hydrogens is 242 g/mol. The van der Waals surface area contributed by atoms with Gasteiger partial charge in [-0.05, 0) is 50.4 Å². The van der Waals surface area contributed by atoms with Crippen molar-refractivity contribution in [1.82, 2.24) is 5.32 Å². The zero-order valence-electron chi connectivity index (χ0n) is 11.7. The molecule has 2 N–H and O–H groups in total. The monoisotopic (exact) mass is 265 g/mol. The molecule has 19 heavy (non-hydrogen) atoms.